The number of carboxylic acid groups (broad SMARTS) is 1. The summed E-state index contributed by atoms with van der Waals surface area (Å²) in [7, 11) is -1.12. The SMILES string of the molecule is CC(C)(C)N(CCCCOc1ccc(Cl)c2c1B(O)OC2CN)C(=O)O. The van der Waals surface area contributed by atoms with Gasteiger partial charge in [-0.3, -0.25) is 0 Å². The van der Waals surface area contributed by atoms with Crippen LogP contribution in [0.15, 0.2) is 12.1 Å². The lowest BCUT2D eigenvalue weighted by Gasteiger charge is -2.33. The topological polar surface area (TPSA) is 105 Å². The number of ether oxygens (including phenoxy) is 1. The van der Waals surface area contributed by atoms with Gasteiger partial charge in [0, 0.05) is 34.7 Å². The summed E-state index contributed by atoms with van der Waals surface area (Å²) in [5.74, 6) is 0.513. The summed E-state index contributed by atoms with van der Waals surface area (Å²) in [5.41, 5.74) is 6.42. The Hall–Kier alpha value is -1.48. The summed E-state index contributed by atoms with van der Waals surface area (Å²) in [6, 6.07) is 3.40. The number of nitrogens with two attached hydrogens (primary N) is 1. The molecule has 1 atom stereocenters. The maximum atomic E-state index is 11.3. The number of halogens is 1. The van der Waals surface area contributed by atoms with Crippen molar-refractivity contribution in [3.05, 3.63) is 22.7 Å². The van der Waals surface area contributed by atoms with E-state index in [1.807, 2.05) is 20.8 Å². The molecule has 0 saturated heterocycles. The Balaban J connectivity index is 1.94. The molecule has 1 aliphatic rings. The maximum absolute atomic E-state index is 11.3. The van der Waals surface area contributed by atoms with Gasteiger partial charge in [-0.15, -0.1) is 0 Å². The van der Waals surface area contributed by atoms with Crippen molar-refractivity contribution < 1.29 is 24.3 Å². The number of fused-ring (bicyclic) bond motifs is 1. The first-order valence-electron chi connectivity index (χ1n) is 8.66. The molecule has 1 amide bonds. The van der Waals surface area contributed by atoms with Crippen LogP contribution in [0.2, 0.25) is 5.02 Å². The predicted molar refractivity (Wildman–Crippen MR) is 101 cm³/mol. The van der Waals surface area contributed by atoms with E-state index in [0.717, 1.165) is 0 Å². The number of nitrogens with zero attached hydrogens (tertiary/aromatic N) is 1. The first-order chi connectivity index (χ1) is 12.2. The molecule has 0 fully saturated rings. The average molecular weight is 385 g/mol. The molecule has 0 saturated carbocycles. The largest absolute Gasteiger partial charge is 0.495 e. The molecular formula is C17H26BClN2O5. The van der Waals surface area contributed by atoms with E-state index < -0.39 is 24.9 Å². The van der Waals surface area contributed by atoms with E-state index in [4.69, 9.17) is 26.7 Å². The van der Waals surface area contributed by atoms with E-state index in [0.29, 0.717) is 47.8 Å². The molecule has 0 bridgehead atoms. The van der Waals surface area contributed by atoms with Gasteiger partial charge in [-0.1, -0.05) is 11.6 Å². The van der Waals surface area contributed by atoms with Crippen LogP contribution in [0.4, 0.5) is 4.79 Å². The number of hydrogen-bond donors (Lipinski definition) is 3. The van der Waals surface area contributed by atoms with E-state index in [-0.39, 0.29) is 6.54 Å². The number of hydrogen-bond acceptors (Lipinski definition) is 5. The molecule has 26 heavy (non-hydrogen) atoms. The molecule has 0 aliphatic carbocycles. The molecule has 1 heterocycles. The molecule has 1 aromatic carbocycles. The highest BCUT2D eigenvalue weighted by molar-refractivity contribution is 6.63. The summed E-state index contributed by atoms with van der Waals surface area (Å²) in [6.07, 6.45) is -0.0350. The summed E-state index contributed by atoms with van der Waals surface area (Å²) in [6.45, 7) is 6.64. The minimum absolute atomic E-state index is 0.213. The van der Waals surface area contributed by atoms with E-state index in [2.05, 4.69) is 0 Å². The lowest BCUT2D eigenvalue weighted by molar-refractivity contribution is 0.0980. The van der Waals surface area contributed by atoms with E-state index >= 15 is 0 Å². The first kappa shape index (κ1) is 20.8. The molecule has 2 rings (SSSR count). The van der Waals surface area contributed by atoms with Gasteiger partial charge in [0.1, 0.15) is 5.75 Å². The molecule has 4 N–H and O–H groups in total. The van der Waals surface area contributed by atoms with Gasteiger partial charge in [0.05, 0.1) is 12.7 Å². The Kier molecular flexibility index (Phi) is 6.79. The highest BCUT2D eigenvalue weighted by Crippen LogP contribution is 2.33. The monoisotopic (exact) mass is 384 g/mol. The lowest BCUT2D eigenvalue weighted by atomic mass is 9.78. The standard InChI is InChI=1S/C17H26BClN2O5/c1-17(2,3)21(16(22)23)8-4-5-9-25-12-7-6-11(19)14-13(10-20)26-18(24)15(12)14/h6-7,13,24H,4-5,8-10,20H2,1-3H3,(H,22,23). The van der Waals surface area contributed by atoms with Crippen molar-refractivity contribution in [2.24, 2.45) is 5.73 Å². The van der Waals surface area contributed by atoms with Crippen LogP contribution in [0.25, 0.3) is 0 Å². The third kappa shape index (κ3) is 4.62. The van der Waals surface area contributed by atoms with Crippen LogP contribution in [0.5, 0.6) is 5.75 Å². The van der Waals surface area contributed by atoms with Crippen molar-refractivity contribution in [2.75, 3.05) is 19.7 Å². The van der Waals surface area contributed by atoms with Crippen LogP contribution in [-0.2, 0) is 4.65 Å². The van der Waals surface area contributed by atoms with Crippen LogP contribution >= 0.6 is 11.6 Å². The van der Waals surface area contributed by atoms with Crippen molar-refractivity contribution in [2.45, 2.75) is 45.3 Å². The Morgan fingerprint density at radius 2 is 2.12 bits per heavy atom. The highest BCUT2D eigenvalue weighted by atomic mass is 35.5. The zero-order valence-corrected chi connectivity index (χ0v) is 16.1. The van der Waals surface area contributed by atoms with Crippen LogP contribution in [0.3, 0.4) is 0 Å². The smallest absolute Gasteiger partial charge is 0.494 e. The number of amides is 1. The minimum Gasteiger partial charge on any atom is -0.494 e. The zero-order chi connectivity index (χ0) is 19.5. The number of carbonyl (C=O) groups is 1. The second kappa shape index (κ2) is 8.48. The van der Waals surface area contributed by atoms with Gasteiger partial charge in [-0.25, -0.2) is 4.79 Å². The quantitative estimate of drug-likeness (QED) is 0.490. The summed E-state index contributed by atoms with van der Waals surface area (Å²) >= 11 is 6.21. The third-order valence-corrected chi connectivity index (χ3v) is 4.67. The molecule has 0 spiro atoms. The van der Waals surface area contributed by atoms with E-state index in [1.54, 1.807) is 12.1 Å². The van der Waals surface area contributed by atoms with Crippen LogP contribution in [-0.4, -0.2) is 53.5 Å². The van der Waals surface area contributed by atoms with Gasteiger partial charge < -0.3 is 30.2 Å². The maximum Gasteiger partial charge on any atom is 0.495 e. The second-order valence-electron chi connectivity index (χ2n) is 7.25. The van der Waals surface area contributed by atoms with Gasteiger partial charge in [0.15, 0.2) is 0 Å². The summed E-state index contributed by atoms with van der Waals surface area (Å²) in [5, 5.41) is 19.9. The molecule has 1 aliphatic heterocycles. The number of rotatable bonds is 7. The van der Waals surface area contributed by atoms with Crippen LogP contribution in [0, 0.1) is 0 Å². The Labute approximate surface area is 159 Å². The molecule has 7 nitrogen and oxygen atoms in total. The minimum atomic E-state index is -1.12. The number of unbranched alkanes of at least 4 members (excludes halogenated alkanes) is 1. The van der Waals surface area contributed by atoms with E-state index in [9.17, 15) is 14.9 Å². The normalized spacial score (nSPS) is 16.5. The lowest BCUT2D eigenvalue weighted by Crippen LogP contribution is -2.45. The molecule has 0 aromatic heterocycles. The Morgan fingerprint density at radius 3 is 2.69 bits per heavy atom. The van der Waals surface area contributed by atoms with Crippen LogP contribution in [0.1, 0.15) is 45.3 Å². The third-order valence-electron chi connectivity index (χ3n) is 4.34. The van der Waals surface area contributed by atoms with Crippen molar-refractivity contribution in [3.63, 3.8) is 0 Å². The molecule has 1 aromatic rings. The van der Waals surface area contributed by atoms with E-state index in [1.165, 1.54) is 4.90 Å². The zero-order valence-electron chi connectivity index (χ0n) is 15.4. The highest BCUT2D eigenvalue weighted by Gasteiger charge is 2.39. The second-order valence-corrected chi connectivity index (χ2v) is 7.65. The first-order valence-corrected chi connectivity index (χ1v) is 9.04. The molecule has 0 radical (unpaired) electrons. The van der Waals surface area contributed by atoms with Gasteiger partial charge in [0.25, 0.3) is 0 Å². The molecule has 9 heteroatoms. The van der Waals surface area contributed by atoms with Crippen LogP contribution < -0.4 is 15.9 Å². The van der Waals surface area contributed by atoms with Gasteiger partial charge >= 0.3 is 13.2 Å². The molecule has 1 unspecified atom stereocenters. The Morgan fingerprint density at radius 1 is 1.42 bits per heavy atom. The fraction of sp³-hybridized carbons (Fsp3) is 0.588. The molecule has 144 valence electrons. The predicted octanol–water partition coefficient (Wildman–Crippen LogP) is 2.00. The fourth-order valence-corrected chi connectivity index (χ4v) is 3.32. The van der Waals surface area contributed by atoms with Crippen molar-refractivity contribution in [1.82, 2.24) is 4.90 Å². The Bertz CT molecular complexity index is 653. The van der Waals surface area contributed by atoms with Crippen molar-refractivity contribution in [1.29, 1.82) is 0 Å². The average Bonchev–Trinajstić information content (AvgIpc) is 2.89. The van der Waals surface area contributed by atoms with Crippen molar-refractivity contribution >= 4 is 30.3 Å². The summed E-state index contributed by atoms with van der Waals surface area (Å²) < 4.78 is 11.2. The summed E-state index contributed by atoms with van der Waals surface area (Å²) in [4.78, 5) is 12.7. The van der Waals surface area contributed by atoms with Gasteiger partial charge in [-0.2, -0.15) is 0 Å². The van der Waals surface area contributed by atoms with Crippen molar-refractivity contribution in [3.8, 4) is 5.75 Å². The fourth-order valence-electron chi connectivity index (χ4n) is 3.03. The van der Waals surface area contributed by atoms with Gasteiger partial charge in [-0.05, 0) is 45.7 Å². The molecular weight excluding hydrogens is 358 g/mol. The number of benzene rings is 1. The van der Waals surface area contributed by atoms with Gasteiger partial charge in [0.2, 0.25) is 0 Å².